The smallest absolute Gasteiger partial charge is 0.251 e. The highest BCUT2D eigenvalue weighted by Gasteiger charge is 2.33. The first-order chi connectivity index (χ1) is 34.4. The molecule has 3 amide bonds. The van der Waals surface area contributed by atoms with E-state index < -0.39 is 43.0 Å². The van der Waals surface area contributed by atoms with E-state index in [0.29, 0.717) is 69.6 Å². The highest BCUT2D eigenvalue weighted by Crippen LogP contribution is 2.24. The summed E-state index contributed by atoms with van der Waals surface area (Å²) < 4.78 is 55.7. The second-order valence-corrected chi connectivity index (χ2v) is 20.3. The molecule has 0 radical (unpaired) electrons. The third kappa shape index (κ3) is 20.4. The van der Waals surface area contributed by atoms with Crippen molar-refractivity contribution in [1.29, 1.82) is 0 Å². The number of rotatable bonds is 17. The lowest BCUT2D eigenvalue weighted by Gasteiger charge is -2.17. The normalized spacial score (nSPS) is 14.0. The number of hydrogen-bond acceptors (Lipinski definition) is 12. The number of halogens is 8. The van der Waals surface area contributed by atoms with Crippen molar-refractivity contribution >= 4 is 110 Å². The van der Waals surface area contributed by atoms with E-state index in [9.17, 15) is 37.8 Å². The van der Waals surface area contributed by atoms with Crippen molar-refractivity contribution in [3.8, 4) is 0 Å². The summed E-state index contributed by atoms with van der Waals surface area (Å²) in [7, 11) is 0. The molecule has 1 saturated heterocycles. The van der Waals surface area contributed by atoms with E-state index in [1.807, 2.05) is 65.1 Å². The molecule has 3 aromatic carbocycles. The first kappa shape index (κ1) is 64.1. The Hall–Kier alpha value is -4.16. The molecule has 1 aliphatic heterocycles. The fraction of sp³-hybridized carbons (Fsp3) is 0.294. The van der Waals surface area contributed by atoms with Gasteiger partial charge in [0.1, 0.15) is 23.6 Å². The van der Waals surface area contributed by atoms with Crippen molar-refractivity contribution in [1.82, 2.24) is 30.9 Å². The molecule has 0 unspecified atom stereocenters. The van der Waals surface area contributed by atoms with Gasteiger partial charge >= 0.3 is 0 Å². The number of benzene rings is 3. The molecule has 1 aliphatic rings. The molecule has 398 valence electrons. The number of pyridine rings is 3. The van der Waals surface area contributed by atoms with Gasteiger partial charge in [-0.15, -0.1) is 24.8 Å². The topological polar surface area (TPSA) is 225 Å². The first-order valence-corrected chi connectivity index (χ1v) is 25.4. The third-order valence-corrected chi connectivity index (χ3v) is 12.6. The SMILES string of the molecule is CC1(C)OC[C@H](CNC(=O)c2ccncc2Cc2ccc(I)cc2F)O1.Cl.Cl.O=C(NC[C@H](O)CO)c1ccncc1Cc1ccc(I)cc1F.O=C(NC[C@H](O)CO)c1ccncc1Cc1ccc(I)cc1F. The predicted octanol–water partition coefficient (Wildman–Crippen LogP) is 7.14. The third-order valence-electron chi connectivity index (χ3n) is 10.6. The molecule has 0 saturated carbocycles. The minimum atomic E-state index is -1.02. The van der Waals surface area contributed by atoms with Crippen molar-refractivity contribution < 1.29 is 57.5 Å². The van der Waals surface area contributed by atoms with Crippen LogP contribution in [0.4, 0.5) is 13.2 Å². The number of amides is 3. The Kier molecular flexibility index (Phi) is 27.5. The Morgan fingerprint density at radius 3 is 1.23 bits per heavy atom. The Bertz CT molecular complexity index is 2690. The van der Waals surface area contributed by atoms with Crippen LogP contribution in [0.5, 0.6) is 0 Å². The van der Waals surface area contributed by atoms with Crippen molar-refractivity contribution in [3.63, 3.8) is 0 Å². The van der Waals surface area contributed by atoms with Crippen LogP contribution in [0.25, 0.3) is 0 Å². The molecule has 7 N–H and O–H groups in total. The van der Waals surface area contributed by atoms with Crippen LogP contribution in [-0.4, -0.2) is 117 Å². The molecule has 1 fully saturated rings. The lowest BCUT2D eigenvalue weighted by molar-refractivity contribution is -0.137. The zero-order valence-corrected chi connectivity index (χ0v) is 47.8. The number of nitrogens with zero attached hydrogens (tertiary/aromatic N) is 3. The second-order valence-electron chi connectivity index (χ2n) is 16.6. The second kappa shape index (κ2) is 31.8. The minimum absolute atomic E-state index is 0. The summed E-state index contributed by atoms with van der Waals surface area (Å²) in [4.78, 5) is 49.0. The fourth-order valence-corrected chi connectivity index (χ4v) is 8.24. The summed E-state index contributed by atoms with van der Waals surface area (Å²) >= 11 is 6.12. The molecule has 74 heavy (non-hydrogen) atoms. The quantitative estimate of drug-likeness (QED) is 0.0453. The van der Waals surface area contributed by atoms with Crippen molar-refractivity contribution in [2.45, 2.75) is 57.2 Å². The molecule has 6 aromatic rings. The molecule has 3 atom stereocenters. The maximum Gasteiger partial charge on any atom is 0.251 e. The van der Waals surface area contributed by atoms with E-state index >= 15 is 0 Å². The number of carbonyl (C=O) groups is 3. The number of hydrogen-bond donors (Lipinski definition) is 7. The van der Waals surface area contributed by atoms with Gasteiger partial charge in [-0.3, -0.25) is 29.3 Å². The highest BCUT2D eigenvalue weighted by atomic mass is 127. The number of nitrogens with one attached hydrogen (secondary N) is 3. The molecule has 23 heteroatoms. The van der Waals surface area contributed by atoms with E-state index in [1.54, 1.807) is 60.9 Å². The molecule has 0 aliphatic carbocycles. The van der Waals surface area contributed by atoms with Gasteiger partial charge in [0, 0.05) is 103 Å². The molecule has 4 heterocycles. The maximum atomic E-state index is 14.1. The Morgan fingerprint density at radius 2 is 0.932 bits per heavy atom. The summed E-state index contributed by atoms with van der Waals surface area (Å²) in [6.07, 6.45) is 7.72. The van der Waals surface area contributed by atoms with Crippen LogP contribution in [-0.2, 0) is 28.7 Å². The van der Waals surface area contributed by atoms with Crippen molar-refractivity contribution in [2.24, 2.45) is 0 Å². The summed E-state index contributed by atoms with van der Waals surface area (Å²) in [5, 5.41) is 44.0. The summed E-state index contributed by atoms with van der Waals surface area (Å²) in [6.45, 7) is 3.47. The van der Waals surface area contributed by atoms with Crippen LogP contribution in [0, 0.1) is 28.2 Å². The van der Waals surface area contributed by atoms with Crippen LogP contribution in [0.1, 0.15) is 78.3 Å². The molecule has 0 spiro atoms. The summed E-state index contributed by atoms with van der Waals surface area (Å²) in [5.41, 5.74) is 4.54. The number of aliphatic hydroxyl groups is 4. The number of aromatic nitrogens is 3. The molecule has 7 rings (SSSR count). The lowest BCUT2D eigenvalue weighted by Crippen LogP contribution is -2.34. The highest BCUT2D eigenvalue weighted by molar-refractivity contribution is 14.1. The van der Waals surface area contributed by atoms with Gasteiger partial charge in [-0.25, -0.2) is 13.2 Å². The molecule has 0 bridgehead atoms. The zero-order chi connectivity index (χ0) is 52.4. The van der Waals surface area contributed by atoms with E-state index in [1.165, 1.54) is 43.0 Å². The molecular weight excluding hydrogens is 1350 g/mol. The maximum absolute atomic E-state index is 14.1. The fourth-order valence-electron chi connectivity index (χ4n) is 6.89. The van der Waals surface area contributed by atoms with E-state index in [4.69, 9.17) is 19.7 Å². The zero-order valence-electron chi connectivity index (χ0n) is 39.7. The van der Waals surface area contributed by atoms with Gasteiger partial charge in [0.25, 0.3) is 17.7 Å². The van der Waals surface area contributed by atoms with Crippen molar-refractivity contribution in [3.05, 3.63) is 188 Å². The molecular formula is C51H54Cl2F3I3N6O9. The molecule has 15 nitrogen and oxygen atoms in total. The lowest BCUT2D eigenvalue weighted by atomic mass is 10.0. The molecule has 3 aromatic heterocycles. The summed E-state index contributed by atoms with van der Waals surface area (Å²) in [6, 6.07) is 19.6. The Balaban J connectivity index is 0.000000290. The van der Waals surface area contributed by atoms with Gasteiger partial charge in [0.2, 0.25) is 0 Å². The summed E-state index contributed by atoms with van der Waals surface area (Å²) in [5.74, 6) is -2.61. The number of aliphatic hydroxyl groups excluding tert-OH is 4. The van der Waals surface area contributed by atoms with Gasteiger partial charge in [-0.2, -0.15) is 0 Å². The van der Waals surface area contributed by atoms with Gasteiger partial charge in [-0.05, 0) is 170 Å². The van der Waals surface area contributed by atoms with Gasteiger partial charge in [0.15, 0.2) is 5.79 Å². The van der Waals surface area contributed by atoms with Gasteiger partial charge in [-0.1, -0.05) is 18.2 Å². The Morgan fingerprint density at radius 1 is 0.595 bits per heavy atom. The van der Waals surface area contributed by atoms with E-state index in [0.717, 1.165) is 10.7 Å². The van der Waals surface area contributed by atoms with Crippen LogP contribution in [0.3, 0.4) is 0 Å². The van der Waals surface area contributed by atoms with Crippen LogP contribution in [0.2, 0.25) is 0 Å². The minimum Gasteiger partial charge on any atom is -0.394 e. The van der Waals surface area contributed by atoms with Gasteiger partial charge < -0.3 is 45.9 Å². The van der Waals surface area contributed by atoms with E-state index in [2.05, 4.69) is 53.5 Å². The monoisotopic (exact) mass is 1400 g/mol. The van der Waals surface area contributed by atoms with Crippen LogP contribution < -0.4 is 16.0 Å². The van der Waals surface area contributed by atoms with Crippen LogP contribution >= 0.6 is 92.6 Å². The Labute approximate surface area is 479 Å². The standard InChI is InChI=1S/C19H20FIN2O3.2C16H16FIN2O3.2ClH/c1-19(2)25-11-15(26-19)10-23-18(24)16-5-6-22-9-13(16)7-12-3-4-14(21)8-17(12)20;2*17-15-6-12(18)2-1-10(15)5-11-7-19-4-3-14(11)16(23)20-8-13(22)9-21;;/h3-6,8-9,15H,7,10-11H2,1-2H3,(H,23,24);2*1-4,6-7,13,21-22H,5,8-9H2,(H,20,23);2*1H/t15-;2*13-;;/m000../s1. The number of ether oxygens (including phenoxy) is 2. The average molecular weight is 1400 g/mol. The largest absolute Gasteiger partial charge is 0.394 e. The van der Waals surface area contributed by atoms with Crippen molar-refractivity contribution in [2.75, 3.05) is 39.5 Å². The van der Waals surface area contributed by atoms with Gasteiger partial charge in [0.05, 0.1) is 32.0 Å². The first-order valence-electron chi connectivity index (χ1n) is 22.2. The van der Waals surface area contributed by atoms with E-state index in [-0.39, 0.29) is 80.2 Å². The van der Waals surface area contributed by atoms with Crippen LogP contribution in [0.15, 0.2) is 110 Å². The predicted molar refractivity (Wildman–Crippen MR) is 301 cm³/mol. The number of carbonyl (C=O) groups excluding carboxylic acids is 3. The average Bonchev–Trinajstić information content (AvgIpc) is 3.72.